The van der Waals surface area contributed by atoms with Gasteiger partial charge in [0.05, 0.1) is 12.8 Å². The van der Waals surface area contributed by atoms with E-state index < -0.39 is 25.8 Å². The predicted molar refractivity (Wildman–Crippen MR) is 68.1 cm³/mol. The summed E-state index contributed by atoms with van der Waals surface area (Å²) in [6.45, 7) is 2.41. The lowest BCUT2D eigenvalue weighted by Crippen LogP contribution is -2.31. The minimum Gasteiger partial charge on any atom is -0.465 e. The first-order valence-electron chi connectivity index (χ1n) is 5.61. The second kappa shape index (κ2) is 8.39. The Kier molecular flexibility index (Phi) is 8.06. The topological polar surface area (TPSA) is 122 Å². The first kappa shape index (κ1) is 17.3. The third kappa shape index (κ3) is 8.38. The van der Waals surface area contributed by atoms with E-state index in [2.05, 4.69) is 5.32 Å². The third-order valence-corrected chi connectivity index (χ3v) is 2.90. The van der Waals surface area contributed by atoms with Crippen LogP contribution in [-0.4, -0.2) is 48.2 Å². The fraction of sp³-hybridized carbons (Fsp3) is 0.700. The number of nitrogens with one attached hydrogen (secondary N) is 1. The zero-order valence-corrected chi connectivity index (χ0v) is 11.5. The Morgan fingerprint density at radius 3 is 2.61 bits per heavy atom. The maximum atomic E-state index is 11.3. The van der Waals surface area contributed by atoms with Crippen LogP contribution in [0.25, 0.3) is 0 Å². The quantitative estimate of drug-likeness (QED) is 0.271. The van der Waals surface area contributed by atoms with Crippen molar-refractivity contribution in [3.63, 3.8) is 0 Å². The van der Waals surface area contributed by atoms with Gasteiger partial charge in [0.25, 0.3) is 0 Å². The van der Waals surface area contributed by atoms with Crippen LogP contribution < -0.4 is 11.1 Å². The molecule has 0 amide bonds. The maximum Gasteiger partial charge on any atom is 0.329 e. The molecule has 7 nitrogen and oxygen atoms in total. The summed E-state index contributed by atoms with van der Waals surface area (Å²) in [4.78, 5) is 29.2. The van der Waals surface area contributed by atoms with Gasteiger partial charge in [-0.15, -0.1) is 0 Å². The molecule has 0 aliphatic carbocycles. The predicted octanol–water partition coefficient (Wildman–Crippen LogP) is -0.410. The van der Waals surface area contributed by atoms with Gasteiger partial charge in [-0.3, -0.25) is 9.36 Å². The van der Waals surface area contributed by atoms with Crippen molar-refractivity contribution in [3.8, 4) is 0 Å². The van der Waals surface area contributed by atoms with E-state index in [1.165, 1.54) is 6.08 Å². The number of hydrogen-bond donors (Lipinski definition) is 4. The standard InChI is InChI=1S/C10H21N2O5P/c1-3-17-10(13)9(11)6-8(4-5-12-2)7-18(14,15)16/h6,9,12H,3-5,7,11H2,1-2H3,(H2,14,15,16)/b8-6-. The van der Waals surface area contributed by atoms with Crippen molar-refractivity contribution in [2.24, 2.45) is 5.73 Å². The van der Waals surface area contributed by atoms with Crippen molar-refractivity contribution in [2.45, 2.75) is 19.4 Å². The number of esters is 1. The lowest BCUT2D eigenvalue weighted by atomic mass is 10.1. The minimum atomic E-state index is -4.17. The number of ether oxygens (including phenoxy) is 1. The number of carbonyl (C=O) groups is 1. The van der Waals surface area contributed by atoms with Gasteiger partial charge >= 0.3 is 13.6 Å². The summed E-state index contributed by atoms with van der Waals surface area (Å²) in [7, 11) is -2.45. The zero-order valence-electron chi connectivity index (χ0n) is 10.6. The molecule has 0 rings (SSSR count). The Morgan fingerprint density at radius 1 is 1.56 bits per heavy atom. The van der Waals surface area contributed by atoms with E-state index in [1.807, 2.05) is 0 Å². The van der Waals surface area contributed by atoms with Crippen molar-refractivity contribution in [1.82, 2.24) is 5.32 Å². The molecule has 0 saturated carbocycles. The van der Waals surface area contributed by atoms with Crippen molar-refractivity contribution in [3.05, 3.63) is 11.6 Å². The van der Waals surface area contributed by atoms with Crippen LogP contribution in [0.5, 0.6) is 0 Å². The van der Waals surface area contributed by atoms with Gasteiger partial charge in [0.15, 0.2) is 0 Å². The molecule has 0 aliphatic rings. The Labute approximate surface area is 107 Å². The lowest BCUT2D eigenvalue weighted by Gasteiger charge is -2.12. The van der Waals surface area contributed by atoms with E-state index in [-0.39, 0.29) is 6.61 Å². The zero-order chi connectivity index (χ0) is 14.2. The number of nitrogens with two attached hydrogens (primary N) is 1. The summed E-state index contributed by atoms with van der Waals surface area (Å²) in [5.74, 6) is -0.606. The van der Waals surface area contributed by atoms with Gasteiger partial charge in [0.1, 0.15) is 6.04 Å². The molecular weight excluding hydrogens is 259 g/mol. The molecular formula is C10H21N2O5P. The maximum absolute atomic E-state index is 11.3. The highest BCUT2D eigenvalue weighted by Crippen LogP contribution is 2.37. The molecule has 8 heteroatoms. The van der Waals surface area contributed by atoms with Crippen LogP contribution in [0.1, 0.15) is 13.3 Å². The fourth-order valence-corrected chi connectivity index (χ4v) is 2.12. The van der Waals surface area contributed by atoms with Gasteiger partial charge in [0, 0.05) is 0 Å². The van der Waals surface area contributed by atoms with E-state index >= 15 is 0 Å². The average Bonchev–Trinajstić information content (AvgIpc) is 2.24. The van der Waals surface area contributed by atoms with Crippen LogP contribution in [0, 0.1) is 0 Å². The van der Waals surface area contributed by atoms with Crippen LogP contribution in [0.3, 0.4) is 0 Å². The highest BCUT2D eigenvalue weighted by Gasteiger charge is 2.19. The fourth-order valence-electron chi connectivity index (χ4n) is 1.33. The molecule has 0 saturated heterocycles. The monoisotopic (exact) mass is 280 g/mol. The van der Waals surface area contributed by atoms with E-state index in [1.54, 1.807) is 14.0 Å². The van der Waals surface area contributed by atoms with E-state index in [0.29, 0.717) is 18.5 Å². The molecule has 0 aromatic carbocycles. The Hall–Kier alpha value is -0.720. The summed E-state index contributed by atoms with van der Waals surface area (Å²) in [6.07, 6.45) is 1.37. The van der Waals surface area contributed by atoms with E-state index in [9.17, 15) is 9.36 Å². The molecule has 0 aromatic heterocycles. The molecule has 1 unspecified atom stereocenters. The molecule has 0 bridgehead atoms. The first-order valence-corrected chi connectivity index (χ1v) is 7.41. The second-order valence-electron chi connectivity index (χ2n) is 3.78. The van der Waals surface area contributed by atoms with Gasteiger partial charge in [-0.2, -0.15) is 0 Å². The Morgan fingerprint density at radius 2 is 2.17 bits per heavy atom. The van der Waals surface area contributed by atoms with Crippen LogP contribution in [0.15, 0.2) is 11.6 Å². The second-order valence-corrected chi connectivity index (χ2v) is 5.42. The molecule has 0 aliphatic heterocycles. The van der Waals surface area contributed by atoms with E-state index in [0.717, 1.165) is 0 Å². The summed E-state index contributed by atoms with van der Waals surface area (Å²) >= 11 is 0. The first-order chi connectivity index (χ1) is 8.30. The van der Waals surface area contributed by atoms with Crippen molar-refractivity contribution in [2.75, 3.05) is 26.4 Å². The van der Waals surface area contributed by atoms with Crippen molar-refractivity contribution >= 4 is 13.6 Å². The molecule has 5 N–H and O–H groups in total. The van der Waals surface area contributed by atoms with Crippen LogP contribution >= 0.6 is 7.60 Å². The molecule has 0 aromatic rings. The third-order valence-electron chi connectivity index (χ3n) is 2.08. The molecule has 0 radical (unpaired) electrons. The Bertz CT molecular complexity index is 339. The van der Waals surface area contributed by atoms with Gasteiger partial charge in [-0.1, -0.05) is 11.6 Å². The van der Waals surface area contributed by atoms with Crippen molar-refractivity contribution < 1.29 is 23.9 Å². The van der Waals surface area contributed by atoms with Gasteiger partial charge < -0.3 is 25.6 Å². The molecule has 18 heavy (non-hydrogen) atoms. The van der Waals surface area contributed by atoms with Crippen LogP contribution in [0.4, 0.5) is 0 Å². The smallest absolute Gasteiger partial charge is 0.329 e. The molecule has 1 atom stereocenters. The number of hydrogen-bond acceptors (Lipinski definition) is 5. The molecule has 0 spiro atoms. The van der Waals surface area contributed by atoms with Gasteiger partial charge in [0.2, 0.25) is 0 Å². The molecule has 0 heterocycles. The summed E-state index contributed by atoms with van der Waals surface area (Å²) in [5, 5.41) is 2.86. The summed E-state index contributed by atoms with van der Waals surface area (Å²) in [6, 6.07) is -0.997. The number of carbonyl (C=O) groups excluding carboxylic acids is 1. The number of rotatable bonds is 8. The Balaban J connectivity index is 4.71. The van der Waals surface area contributed by atoms with Gasteiger partial charge in [-0.05, 0) is 26.9 Å². The largest absolute Gasteiger partial charge is 0.465 e. The SMILES string of the molecule is CCOC(=O)C(N)/C=C(/CCNC)CP(=O)(O)O. The van der Waals surface area contributed by atoms with Crippen LogP contribution in [0.2, 0.25) is 0 Å². The van der Waals surface area contributed by atoms with Gasteiger partial charge in [-0.25, -0.2) is 0 Å². The summed E-state index contributed by atoms with van der Waals surface area (Å²) < 4.78 is 15.7. The molecule has 106 valence electrons. The average molecular weight is 280 g/mol. The summed E-state index contributed by atoms with van der Waals surface area (Å²) in [5.41, 5.74) is 6.01. The lowest BCUT2D eigenvalue weighted by molar-refractivity contribution is -0.143. The van der Waals surface area contributed by atoms with Crippen LogP contribution in [-0.2, 0) is 14.1 Å². The minimum absolute atomic E-state index is 0.213. The highest BCUT2D eigenvalue weighted by atomic mass is 31.2. The molecule has 0 fully saturated rings. The normalized spacial score (nSPS) is 14.4. The van der Waals surface area contributed by atoms with Crippen molar-refractivity contribution in [1.29, 1.82) is 0 Å². The van der Waals surface area contributed by atoms with E-state index in [4.69, 9.17) is 20.3 Å². The highest BCUT2D eigenvalue weighted by molar-refractivity contribution is 7.52.